The number of carbonyl (C=O) groups is 2. The fraction of sp³-hybridized carbons (Fsp3) is 0.500. The zero-order valence-electron chi connectivity index (χ0n) is 9.94. The summed E-state index contributed by atoms with van der Waals surface area (Å²) in [5, 5.41) is 19.7. The number of carboxylic acid groups (broad SMARTS) is 2. The van der Waals surface area contributed by atoms with Crippen LogP contribution in [0.15, 0.2) is 0 Å². The third-order valence-electron chi connectivity index (χ3n) is 0.828. The molecule has 14 heteroatoms. The van der Waals surface area contributed by atoms with E-state index in [0.29, 0.717) is 0 Å². The van der Waals surface area contributed by atoms with E-state index in [1.807, 2.05) is 0 Å². The zero-order chi connectivity index (χ0) is 12.3. The van der Waals surface area contributed by atoms with Crippen molar-refractivity contribution < 1.29 is 93.2 Å². The summed E-state index contributed by atoms with van der Waals surface area (Å²) in [6.45, 7) is 0. The summed E-state index contributed by atoms with van der Waals surface area (Å²) in [6, 6.07) is 0. The Morgan fingerprint density at radius 3 is 1.17 bits per heavy atom. The number of rotatable bonds is 6. The molecule has 0 bridgehead atoms. The van der Waals surface area contributed by atoms with Crippen molar-refractivity contribution in [2.75, 3.05) is 11.5 Å². The van der Waals surface area contributed by atoms with E-state index in [1.165, 1.54) is 0 Å². The Balaban J connectivity index is -0.000000327. The van der Waals surface area contributed by atoms with Crippen LogP contribution in [0.25, 0.3) is 4.13 Å². The van der Waals surface area contributed by atoms with Crippen LogP contribution < -0.4 is 66.8 Å². The van der Waals surface area contributed by atoms with E-state index in [1.54, 1.807) is 0 Å². The van der Waals surface area contributed by atoms with Crippen molar-refractivity contribution in [1.29, 1.82) is 0 Å². The maximum Gasteiger partial charge on any atom is 1.00 e. The van der Waals surface area contributed by atoms with E-state index < -0.39 is 43.5 Å². The molecule has 0 atom stereocenters. The second kappa shape index (κ2) is 10.4. The van der Waals surface area contributed by atoms with E-state index in [2.05, 4.69) is 4.13 Å². The maximum absolute atomic E-state index is 10.7. The van der Waals surface area contributed by atoms with Crippen LogP contribution in [0.2, 0.25) is 0 Å². The first-order valence-electron chi connectivity index (χ1n) is 3.13. The van der Waals surface area contributed by atoms with Gasteiger partial charge >= 0.3 is 56.6 Å². The van der Waals surface area contributed by atoms with E-state index in [4.69, 9.17) is 0 Å². The molecule has 88 valence electrons. The summed E-state index contributed by atoms with van der Waals surface area (Å²) in [4.78, 5) is 19.7. The molecule has 9 nitrogen and oxygen atoms in total. The smallest absolute Gasteiger partial charge is 0.549 e. The molecule has 0 aromatic rings. The first kappa shape index (κ1) is 27.0. The van der Waals surface area contributed by atoms with Gasteiger partial charge in [0.15, 0.2) is 0 Å². The molecule has 0 aliphatic heterocycles. The van der Waals surface area contributed by atoms with Crippen molar-refractivity contribution in [2.45, 2.75) is 0 Å². The second-order valence-electron chi connectivity index (χ2n) is 2.27. The molecular weight excluding hydrogens is 275 g/mol. The van der Waals surface area contributed by atoms with Gasteiger partial charge in [0.05, 0.1) is 43.5 Å². The summed E-state index contributed by atoms with van der Waals surface area (Å²) in [7, 11) is -9.60. The molecule has 0 aromatic carbocycles. The summed E-state index contributed by atoms with van der Waals surface area (Å²) >= 11 is 0. The van der Waals surface area contributed by atoms with Gasteiger partial charge in [-0.1, -0.05) is 0 Å². The van der Waals surface area contributed by atoms with Gasteiger partial charge in [-0.2, -0.15) is 0 Å². The minimum absolute atomic E-state index is 0. The number of carboxylic acids is 2. The van der Waals surface area contributed by atoms with Crippen molar-refractivity contribution in [2.24, 2.45) is 0 Å². The Kier molecular flexibility index (Phi) is 15.6. The van der Waals surface area contributed by atoms with Gasteiger partial charge in [0, 0.05) is 0 Å². The largest absolute Gasteiger partial charge is 1.00 e. The molecule has 0 unspecified atom stereocenters. The monoisotopic (exact) mass is 279 g/mol. The molecule has 0 spiro atoms. The molecule has 18 heavy (non-hydrogen) atoms. The molecule has 0 radical (unpaired) electrons. The van der Waals surface area contributed by atoms with Crippen LogP contribution in [-0.4, -0.2) is 40.3 Å². The number of sulfonamides is 2. The van der Waals surface area contributed by atoms with Crippen LogP contribution in [0.4, 0.5) is 0 Å². The average molecular weight is 279 g/mol. The van der Waals surface area contributed by atoms with Crippen molar-refractivity contribution in [3.8, 4) is 0 Å². The molecule has 0 saturated carbocycles. The molecule has 0 saturated heterocycles. The van der Waals surface area contributed by atoms with Gasteiger partial charge < -0.3 is 23.9 Å². The molecule has 0 amide bonds. The van der Waals surface area contributed by atoms with Crippen molar-refractivity contribution in [1.82, 2.24) is 0 Å². The molecular formula is C4H4Li3NO8S2. The fourth-order valence-electron chi connectivity index (χ4n) is 0.524. The minimum Gasteiger partial charge on any atom is -0.549 e. The molecule has 0 rings (SSSR count). The number of nitrogens with zero attached hydrogens (tertiary/aromatic N) is 1. The fourth-order valence-corrected chi connectivity index (χ4v) is 2.93. The van der Waals surface area contributed by atoms with E-state index in [-0.39, 0.29) is 56.6 Å². The molecule has 0 N–H and O–H groups in total. The van der Waals surface area contributed by atoms with Crippen LogP contribution >= 0.6 is 0 Å². The molecule has 0 aromatic heterocycles. The van der Waals surface area contributed by atoms with Gasteiger partial charge in [0.1, 0.15) is 0 Å². The molecule has 0 aliphatic carbocycles. The molecule has 0 heterocycles. The van der Waals surface area contributed by atoms with Gasteiger partial charge in [0.2, 0.25) is 0 Å². The third-order valence-corrected chi connectivity index (χ3v) is 3.85. The number of hydrogen-bond acceptors (Lipinski definition) is 8. The van der Waals surface area contributed by atoms with Crippen LogP contribution in [0.5, 0.6) is 0 Å². The Hall–Kier alpha value is 0.592. The quantitative estimate of drug-likeness (QED) is 0.432. The maximum atomic E-state index is 10.7. The van der Waals surface area contributed by atoms with E-state index in [9.17, 15) is 36.6 Å². The standard InChI is InChI=1S/C4H6NO8S2.3Li/c6-3(7)1-14(10,11)5-15(12,13)2-4(8)9;;;/h1-2H2,(H,6,7)(H,8,9);;;/q-1;3*+1/p-2. The van der Waals surface area contributed by atoms with Gasteiger partial charge in [-0.05, 0) is 0 Å². The second-order valence-corrected chi connectivity index (χ2v) is 5.77. The first-order valence-corrected chi connectivity index (χ1v) is 6.35. The SMILES string of the molecule is O=C([O-])CS(=O)(=O)[N-]S(=O)(=O)CC(=O)[O-].[Li+].[Li+].[Li+]. The average Bonchev–Trinajstić information content (AvgIpc) is 1.73. The molecule has 0 fully saturated rings. The predicted molar refractivity (Wildman–Crippen MR) is 40.9 cm³/mol. The van der Waals surface area contributed by atoms with Crippen molar-refractivity contribution >= 4 is 32.0 Å². The molecule has 0 aliphatic rings. The topological polar surface area (TPSA) is 163 Å². The van der Waals surface area contributed by atoms with E-state index >= 15 is 0 Å². The number of carbonyl (C=O) groups excluding carboxylic acids is 2. The number of hydrogen-bond donors (Lipinski definition) is 0. The van der Waals surface area contributed by atoms with Crippen molar-refractivity contribution in [3.05, 3.63) is 4.13 Å². The summed E-state index contributed by atoms with van der Waals surface area (Å²) < 4.78 is 44.8. The zero-order valence-corrected chi connectivity index (χ0v) is 11.6. The summed E-state index contributed by atoms with van der Waals surface area (Å²) in [5.74, 6) is -7.39. The summed E-state index contributed by atoms with van der Waals surface area (Å²) in [6.07, 6.45) is 0. The van der Waals surface area contributed by atoms with Gasteiger partial charge in [0.25, 0.3) is 0 Å². The Morgan fingerprint density at radius 1 is 0.778 bits per heavy atom. The third kappa shape index (κ3) is 14.7. The van der Waals surface area contributed by atoms with Gasteiger partial charge in [-0.3, -0.25) is 0 Å². The van der Waals surface area contributed by atoms with Crippen LogP contribution in [0.3, 0.4) is 0 Å². The van der Waals surface area contributed by atoms with Crippen LogP contribution in [-0.2, 0) is 29.6 Å². The van der Waals surface area contributed by atoms with Crippen LogP contribution in [0.1, 0.15) is 0 Å². The van der Waals surface area contributed by atoms with Gasteiger partial charge in [-0.25, -0.2) is 16.8 Å². The van der Waals surface area contributed by atoms with E-state index in [0.717, 1.165) is 0 Å². The Labute approximate surface area is 140 Å². The Morgan fingerprint density at radius 2 is 1.00 bits per heavy atom. The van der Waals surface area contributed by atoms with Crippen LogP contribution in [0, 0.1) is 0 Å². The number of aliphatic carboxylic acids is 2. The van der Waals surface area contributed by atoms with Crippen molar-refractivity contribution in [3.63, 3.8) is 0 Å². The normalized spacial score (nSPS) is 10.2. The Bertz CT molecular complexity index is 427. The minimum atomic E-state index is -4.80. The van der Waals surface area contributed by atoms with Gasteiger partial charge in [-0.15, -0.1) is 0 Å². The first-order chi connectivity index (χ1) is 6.54. The summed E-state index contributed by atoms with van der Waals surface area (Å²) in [5.41, 5.74) is 0. The predicted octanol–water partition coefficient (Wildman–Crippen LogP) is -13.5.